The summed E-state index contributed by atoms with van der Waals surface area (Å²) in [6, 6.07) is 2.21. The van der Waals surface area contributed by atoms with Crippen LogP contribution in [0.25, 0.3) is 0 Å². The Kier molecular flexibility index (Phi) is 5.16. The van der Waals surface area contributed by atoms with Crippen molar-refractivity contribution in [2.45, 2.75) is 32.1 Å². The summed E-state index contributed by atoms with van der Waals surface area (Å²) < 4.78 is 1.55. The van der Waals surface area contributed by atoms with E-state index in [0.29, 0.717) is 4.75 Å². The summed E-state index contributed by atoms with van der Waals surface area (Å²) in [6.45, 7) is 8.69. The van der Waals surface area contributed by atoms with Gasteiger partial charge in [0.25, 0.3) is 0 Å². The second-order valence-electron chi connectivity index (χ2n) is 4.18. The van der Waals surface area contributed by atoms with Gasteiger partial charge in [0, 0.05) is 32.1 Å². The van der Waals surface area contributed by atoms with Crippen molar-refractivity contribution in [1.29, 1.82) is 0 Å². The number of hydrogen-bond donors (Lipinski definition) is 1. The molecule has 0 aliphatic carbocycles. The summed E-state index contributed by atoms with van der Waals surface area (Å²) in [5, 5.41) is 3.50. The van der Waals surface area contributed by atoms with E-state index in [1.54, 1.807) is 0 Å². The lowest BCUT2D eigenvalue weighted by Gasteiger charge is -2.22. The highest BCUT2D eigenvalue weighted by Crippen LogP contribution is 2.26. The van der Waals surface area contributed by atoms with E-state index in [0.717, 1.165) is 13.1 Å². The third-order valence-corrected chi connectivity index (χ3v) is 5.70. The van der Waals surface area contributed by atoms with E-state index < -0.39 is 0 Å². The molecule has 0 saturated heterocycles. The van der Waals surface area contributed by atoms with Gasteiger partial charge in [0.1, 0.15) is 0 Å². The minimum absolute atomic E-state index is 0.323. The lowest BCUT2D eigenvalue weighted by molar-refractivity contribution is 0.594. The van der Waals surface area contributed by atoms with E-state index in [-0.39, 0.29) is 0 Å². The van der Waals surface area contributed by atoms with Crippen LogP contribution in [0.2, 0.25) is 0 Å². The quantitative estimate of drug-likeness (QED) is 0.880. The maximum Gasteiger partial charge on any atom is 0.0314 e. The standard InChI is InChI=1S/C11H18BrNS2/c1-8-10(12)5-9(15-8)6-13-7-11(2,3)14-4/h5,13H,6-7H2,1-4H3. The maximum atomic E-state index is 3.54. The molecule has 1 rings (SSSR count). The molecule has 0 aromatic carbocycles. The first-order valence-corrected chi connectivity index (χ1v) is 7.79. The molecule has 1 N–H and O–H groups in total. The molecule has 0 fully saturated rings. The van der Waals surface area contributed by atoms with Gasteiger partial charge >= 0.3 is 0 Å². The molecule has 86 valence electrons. The summed E-state index contributed by atoms with van der Waals surface area (Å²) in [4.78, 5) is 2.76. The smallest absolute Gasteiger partial charge is 0.0314 e. The van der Waals surface area contributed by atoms with Crippen LogP contribution in [0.3, 0.4) is 0 Å². The summed E-state index contributed by atoms with van der Waals surface area (Å²) in [7, 11) is 0. The van der Waals surface area contributed by atoms with Crippen LogP contribution in [0, 0.1) is 6.92 Å². The van der Waals surface area contributed by atoms with Crippen molar-refractivity contribution >= 4 is 39.0 Å². The predicted molar refractivity (Wildman–Crippen MR) is 76.1 cm³/mol. The molecule has 0 amide bonds. The Hall–Kier alpha value is 0.490. The first-order valence-electron chi connectivity index (χ1n) is 4.95. The lowest BCUT2D eigenvalue weighted by atomic mass is 10.2. The highest BCUT2D eigenvalue weighted by Gasteiger charge is 2.14. The third-order valence-electron chi connectivity index (χ3n) is 2.31. The van der Waals surface area contributed by atoms with Gasteiger partial charge in [0.15, 0.2) is 0 Å². The molecular weight excluding hydrogens is 290 g/mol. The molecule has 0 atom stereocenters. The van der Waals surface area contributed by atoms with Crippen molar-refractivity contribution in [2.75, 3.05) is 12.8 Å². The van der Waals surface area contributed by atoms with Crippen molar-refractivity contribution in [3.8, 4) is 0 Å². The van der Waals surface area contributed by atoms with Crippen LogP contribution in [-0.2, 0) is 6.54 Å². The van der Waals surface area contributed by atoms with Crippen LogP contribution >= 0.6 is 39.0 Å². The molecule has 15 heavy (non-hydrogen) atoms. The van der Waals surface area contributed by atoms with Gasteiger partial charge in [-0.3, -0.25) is 0 Å². The zero-order valence-electron chi connectivity index (χ0n) is 9.69. The number of aryl methyl sites for hydroxylation is 1. The first kappa shape index (κ1) is 13.6. The average Bonchev–Trinajstić information content (AvgIpc) is 2.46. The predicted octanol–water partition coefficient (Wildman–Crippen LogP) is 4.05. The Morgan fingerprint density at radius 1 is 1.53 bits per heavy atom. The van der Waals surface area contributed by atoms with Gasteiger partial charge in [-0.1, -0.05) is 0 Å². The number of hydrogen-bond acceptors (Lipinski definition) is 3. The van der Waals surface area contributed by atoms with Gasteiger partial charge in [-0.2, -0.15) is 11.8 Å². The van der Waals surface area contributed by atoms with E-state index in [1.165, 1.54) is 14.2 Å². The topological polar surface area (TPSA) is 12.0 Å². The Balaban J connectivity index is 2.38. The van der Waals surface area contributed by atoms with E-state index in [1.807, 2.05) is 23.1 Å². The van der Waals surface area contributed by atoms with Gasteiger partial charge in [0.2, 0.25) is 0 Å². The van der Waals surface area contributed by atoms with E-state index in [9.17, 15) is 0 Å². The zero-order valence-corrected chi connectivity index (χ0v) is 12.9. The van der Waals surface area contributed by atoms with E-state index >= 15 is 0 Å². The van der Waals surface area contributed by atoms with Crippen LogP contribution in [0.4, 0.5) is 0 Å². The van der Waals surface area contributed by atoms with Gasteiger partial charge < -0.3 is 5.32 Å². The molecule has 0 spiro atoms. The normalized spacial score (nSPS) is 12.1. The number of thioether (sulfide) groups is 1. The summed E-state index contributed by atoms with van der Waals surface area (Å²) in [5.74, 6) is 0. The van der Waals surface area contributed by atoms with Crippen molar-refractivity contribution in [3.63, 3.8) is 0 Å². The van der Waals surface area contributed by atoms with Crippen LogP contribution < -0.4 is 5.32 Å². The monoisotopic (exact) mass is 307 g/mol. The first-order chi connectivity index (χ1) is 6.94. The van der Waals surface area contributed by atoms with Crippen molar-refractivity contribution < 1.29 is 0 Å². The third kappa shape index (κ3) is 4.47. The minimum Gasteiger partial charge on any atom is -0.310 e. The Morgan fingerprint density at radius 3 is 2.67 bits per heavy atom. The lowest BCUT2D eigenvalue weighted by Crippen LogP contribution is -2.31. The summed E-state index contributed by atoms with van der Waals surface area (Å²) >= 11 is 7.30. The number of halogens is 1. The SMILES string of the molecule is CSC(C)(C)CNCc1cc(Br)c(C)s1. The second kappa shape index (κ2) is 5.71. The summed E-state index contributed by atoms with van der Waals surface area (Å²) in [6.07, 6.45) is 2.16. The van der Waals surface area contributed by atoms with Crippen LogP contribution in [0.15, 0.2) is 10.5 Å². The van der Waals surface area contributed by atoms with Gasteiger partial charge in [-0.05, 0) is 49.0 Å². The molecule has 0 aliphatic heterocycles. The van der Waals surface area contributed by atoms with Gasteiger partial charge in [0.05, 0.1) is 0 Å². The van der Waals surface area contributed by atoms with Gasteiger partial charge in [-0.15, -0.1) is 11.3 Å². The largest absolute Gasteiger partial charge is 0.310 e. The molecule has 4 heteroatoms. The van der Waals surface area contributed by atoms with E-state index in [4.69, 9.17) is 0 Å². The molecule has 1 aromatic rings. The van der Waals surface area contributed by atoms with Crippen LogP contribution in [0.1, 0.15) is 23.6 Å². The molecule has 0 bridgehead atoms. The number of nitrogens with one attached hydrogen (secondary N) is 1. The fourth-order valence-electron chi connectivity index (χ4n) is 1.16. The van der Waals surface area contributed by atoms with Crippen molar-refractivity contribution in [1.82, 2.24) is 5.32 Å². The number of thiophene rings is 1. The Bertz CT molecular complexity index is 301. The molecule has 0 aliphatic rings. The van der Waals surface area contributed by atoms with Crippen LogP contribution in [-0.4, -0.2) is 17.5 Å². The Labute approximate surface area is 109 Å². The fraction of sp³-hybridized carbons (Fsp3) is 0.636. The Morgan fingerprint density at radius 2 is 2.20 bits per heavy atom. The molecule has 0 radical (unpaired) electrons. The zero-order chi connectivity index (χ0) is 11.5. The second-order valence-corrected chi connectivity index (χ2v) is 7.89. The molecule has 1 aromatic heterocycles. The molecule has 1 nitrogen and oxygen atoms in total. The fourth-order valence-corrected chi connectivity index (χ4v) is 2.98. The van der Waals surface area contributed by atoms with Crippen molar-refractivity contribution in [2.24, 2.45) is 0 Å². The molecule has 0 saturated carbocycles. The van der Waals surface area contributed by atoms with Crippen LogP contribution in [0.5, 0.6) is 0 Å². The molecule has 0 unspecified atom stereocenters. The highest BCUT2D eigenvalue weighted by atomic mass is 79.9. The number of rotatable bonds is 5. The maximum absolute atomic E-state index is 3.54. The van der Waals surface area contributed by atoms with Gasteiger partial charge in [-0.25, -0.2) is 0 Å². The molecule has 1 heterocycles. The minimum atomic E-state index is 0.323. The summed E-state index contributed by atoms with van der Waals surface area (Å²) in [5.41, 5.74) is 0. The van der Waals surface area contributed by atoms with Crippen molar-refractivity contribution in [3.05, 3.63) is 20.3 Å². The average molecular weight is 308 g/mol. The molecular formula is C11H18BrNS2. The highest BCUT2D eigenvalue weighted by molar-refractivity contribution is 9.10. The van der Waals surface area contributed by atoms with E-state index in [2.05, 4.69) is 54.3 Å².